The van der Waals surface area contributed by atoms with Gasteiger partial charge in [0.05, 0.1) is 12.3 Å². The van der Waals surface area contributed by atoms with Crippen molar-refractivity contribution in [2.75, 3.05) is 0 Å². The van der Waals surface area contributed by atoms with Crippen LogP contribution in [0, 0.1) is 14.9 Å². The summed E-state index contributed by atoms with van der Waals surface area (Å²) in [5, 5.41) is 21.4. The molecule has 0 unspecified atom stereocenters. The Morgan fingerprint density at radius 1 is 1.36 bits per heavy atom. The fourth-order valence-corrected chi connectivity index (χ4v) is 1.89. The van der Waals surface area contributed by atoms with Crippen LogP contribution >= 0.6 is 12.2 Å². The van der Waals surface area contributed by atoms with Gasteiger partial charge in [-0.3, -0.25) is 15.1 Å². The van der Waals surface area contributed by atoms with Crippen molar-refractivity contribution in [3.05, 3.63) is 57.3 Å². The Balaban J connectivity index is 1.95. The Morgan fingerprint density at radius 3 is 2.82 bits per heavy atom. The molecule has 3 aromatic heterocycles. The van der Waals surface area contributed by atoms with E-state index in [1.807, 2.05) is 0 Å². The number of furan rings is 1. The summed E-state index contributed by atoms with van der Waals surface area (Å²) < 4.78 is 6.66. The highest BCUT2D eigenvalue weighted by atomic mass is 32.1. The standard InChI is InChI=1S/C12H8N6O3S/c19-18(20)10-2-1-9(21-10)7-14-17-11(15-16-12(17)22)8-3-5-13-6-4-8/h1-7H,(H,16,22)/b14-7-. The van der Waals surface area contributed by atoms with Gasteiger partial charge in [0.2, 0.25) is 4.77 Å². The molecule has 3 aromatic rings. The minimum Gasteiger partial charge on any atom is -0.400 e. The summed E-state index contributed by atoms with van der Waals surface area (Å²) in [6.45, 7) is 0. The first-order valence-electron chi connectivity index (χ1n) is 6.01. The van der Waals surface area contributed by atoms with Gasteiger partial charge in [0, 0.05) is 18.0 Å². The average Bonchev–Trinajstić information content (AvgIpc) is 3.13. The van der Waals surface area contributed by atoms with Crippen molar-refractivity contribution >= 4 is 24.3 Å². The summed E-state index contributed by atoms with van der Waals surface area (Å²) in [4.78, 5) is 13.9. The van der Waals surface area contributed by atoms with E-state index in [9.17, 15) is 10.1 Å². The Hall–Kier alpha value is -3.14. The molecule has 3 heterocycles. The Kier molecular flexibility index (Phi) is 3.58. The van der Waals surface area contributed by atoms with Crippen molar-refractivity contribution in [3.63, 3.8) is 0 Å². The third-order valence-corrected chi connectivity index (χ3v) is 2.95. The van der Waals surface area contributed by atoms with Gasteiger partial charge >= 0.3 is 5.88 Å². The smallest absolute Gasteiger partial charge is 0.400 e. The number of H-pyrrole nitrogens is 1. The molecule has 0 aliphatic carbocycles. The number of nitrogens with one attached hydrogen (secondary N) is 1. The van der Waals surface area contributed by atoms with E-state index >= 15 is 0 Å². The number of aromatic amines is 1. The SMILES string of the molecule is O=[N+]([O-])c1ccc(/C=N\n2c(-c3ccncc3)n[nH]c2=S)o1. The molecule has 0 saturated carbocycles. The molecule has 0 fully saturated rings. The average molecular weight is 316 g/mol. The second kappa shape index (κ2) is 5.69. The fraction of sp³-hybridized carbons (Fsp3) is 0. The Bertz CT molecular complexity index is 895. The van der Waals surface area contributed by atoms with Crippen molar-refractivity contribution in [1.29, 1.82) is 0 Å². The zero-order chi connectivity index (χ0) is 15.5. The molecule has 0 aliphatic heterocycles. The molecular weight excluding hydrogens is 308 g/mol. The highest BCUT2D eigenvalue weighted by Gasteiger charge is 2.11. The van der Waals surface area contributed by atoms with E-state index in [4.69, 9.17) is 16.6 Å². The zero-order valence-electron chi connectivity index (χ0n) is 10.9. The predicted molar refractivity (Wildman–Crippen MR) is 79.0 cm³/mol. The zero-order valence-corrected chi connectivity index (χ0v) is 11.7. The van der Waals surface area contributed by atoms with Crippen LogP contribution in [0.4, 0.5) is 5.88 Å². The van der Waals surface area contributed by atoms with Crippen molar-refractivity contribution in [2.24, 2.45) is 5.10 Å². The predicted octanol–water partition coefficient (Wildman–Crippen LogP) is 2.39. The summed E-state index contributed by atoms with van der Waals surface area (Å²) in [7, 11) is 0. The first-order valence-corrected chi connectivity index (χ1v) is 6.42. The van der Waals surface area contributed by atoms with Crippen molar-refractivity contribution in [2.45, 2.75) is 0 Å². The maximum atomic E-state index is 10.6. The fourth-order valence-electron chi connectivity index (χ4n) is 1.71. The van der Waals surface area contributed by atoms with E-state index in [0.29, 0.717) is 5.82 Å². The molecule has 0 atom stereocenters. The molecule has 0 bridgehead atoms. The van der Waals surface area contributed by atoms with Crippen LogP contribution in [0.15, 0.2) is 46.2 Å². The number of hydrogen-bond donors (Lipinski definition) is 1. The molecule has 22 heavy (non-hydrogen) atoms. The van der Waals surface area contributed by atoms with Crippen LogP contribution in [0.5, 0.6) is 0 Å². The van der Waals surface area contributed by atoms with Crippen molar-refractivity contribution < 1.29 is 9.34 Å². The van der Waals surface area contributed by atoms with Crippen molar-refractivity contribution in [1.82, 2.24) is 19.9 Å². The Morgan fingerprint density at radius 2 is 2.14 bits per heavy atom. The molecule has 0 saturated heterocycles. The van der Waals surface area contributed by atoms with E-state index in [1.165, 1.54) is 23.0 Å². The van der Waals surface area contributed by atoms with Gasteiger partial charge in [-0.1, -0.05) is 0 Å². The molecule has 0 aromatic carbocycles. The quantitative estimate of drug-likeness (QED) is 0.342. The van der Waals surface area contributed by atoms with Gasteiger partial charge in [0.15, 0.2) is 11.6 Å². The van der Waals surface area contributed by atoms with Crippen LogP contribution in [-0.2, 0) is 0 Å². The number of aromatic nitrogens is 4. The van der Waals surface area contributed by atoms with E-state index in [2.05, 4.69) is 20.3 Å². The number of hydrogen-bond acceptors (Lipinski definition) is 7. The van der Waals surface area contributed by atoms with Gasteiger partial charge in [-0.05, 0) is 30.4 Å². The third-order valence-electron chi connectivity index (χ3n) is 2.68. The summed E-state index contributed by atoms with van der Waals surface area (Å²) in [5.74, 6) is 0.367. The molecule has 10 heteroatoms. The van der Waals surface area contributed by atoms with Crippen molar-refractivity contribution in [3.8, 4) is 11.4 Å². The number of nitro groups is 1. The van der Waals surface area contributed by atoms with E-state index in [1.54, 1.807) is 24.5 Å². The monoisotopic (exact) mass is 316 g/mol. The van der Waals surface area contributed by atoms with Crippen LogP contribution in [0.3, 0.4) is 0 Å². The normalized spacial score (nSPS) is 11.1. The molecule has 1 N–H and O–H groups in total. The Labute approximate surface area is 128 Å². The largest absolute Gasteiger partial charge is 0.433 e. The van der Waals surface area contributed by atoms with Crippen LogP contribution in [0.25, 0.3) is 11.4 Å². The van der Waals surface area contributed by atoms with Crippen LogP contribution in [-0.4, -0.2) is 31.0 Å². The van der Waals surface area contributed by atoms with Crippen LogP contribution < -0.4 is 0 Å². The molecule has 0 aliphatic rings. The number of pyridine rings is 1. The highest BCUT2D eigenvalue weighted by Crippen LogP contribution is 2.17. The maximum Gasteiger partial charge on any atom is 0.433 e. The van der Waals surface area contributed by atoms with Gasteiger partial charge in [0.25, 0.3) is 0 Å². The van der Waals surface area contributed by atoms with E-state index < -0.39 is 4.92 Å². The highest BCUT2D eigenvalue weighted by molar-refractivity contribution is 7.71. The summed E-state index contributed by atoms with van der Waals surface area (Å²) in [6.07, 6.45) is 4.57. The lowest BCUT2D eigenvalue weighted by Crippen LogP contribution is -1.94. The van der Waals surface area contributed by atoms with Gasteiger partial charge in [-0.25, -0.2) is 5.10 Å². The summed E-state index contributed by atoms with van der Waals surface area (Å²) >= 11 is 5.11. The first-order chi connectivity index (χ1) is 10.6. The van der Waals surface area contributed by atoms with Gasteiger partial charge in [0.1, 0.15) is 4.92 Å². The molecule has 9 nitrogen and oxygen atoms in total. The third kappa shape index (κ3) is 2.67. The molecule has 3 rings (SSSR count). The second-order valence-electron chi connectivity index (χ2n) is 4.08. The summed E-state index contributed by atoms with van der Waals surface area (Å²) in [5.41, 5.74) is 0.768. The topological polar surface area (TPSA) is 115 Å². The van der Waals surface area contributed by atoms with E-state index in [0.717, 1.165) is 5.56 Å². The lowest BCUT2D eigenvalue weighted by atomic mass is 10.2. The number of rotatable bonds is 4. The maximum absolute atomic E-state index is 10.6. The molecule has 0 radical (unpaired) electrons. The molecule has 0 spiro atoms. The van der Waals surface area contributed by atoms with Gasteiger partial charge in [-0.2, -0.15) is 14.9 Å². The summed E-state index contributed by atoms with van der Waals surface area (Å²) in [6, 6.07) is 6.21. The second-order valence-corrected chi connectivity index (χ2v) is 4.46. The minimum atomic E-state index is -0.622. The first kappa shape index (κ1) is 13.8. The van der Waals surface area contributed by atoms with Gasteiger partial charge < -0.3 is 4.42 Å². The number of nitrogens with zero attached hydrogens (tertiary/aromatic N) is 5. The molecule has 110 valence electrons. The van der Waals surface area contributed by atoms with E-state index in [-0.39, 0.29) is 16.4 Å². The minimum absolute atomic E-state index is 0.232. The lowest BCUT2D eigenvalue weighted by molar-refractivity contribution is -0.402. The molecular formula is C12H8N6O3S. The van der Waals surface area contributed by atoms with Crippen LogP contribution in [0.1, 0.15) is 5.76 Å². The molecule has 0 amide bonds. The lowest BCUT2D eigenvalue weighted by Gasteiger charge is -1.99. The van der Waals surface area contributed by atoms with Gasteiger partial charge in [-0.15, -0.1) is 0 Å². The van der Waals surface area contributed by atoms with Crippen LogP contribution in [0.2, 0.25) is 0 Å².